The molecule has 2 aromatic rings. The zero-order valence-electron chi connectivity index (χ0n) is 6.22. The van der Waals surface area contributed by atoms with E-state index in [0.717, 1.165) is 0 Å². The van der Waals surface area contributed by atoms with Crippen molar-refractivity contribution in [2.75, 3.05) is 0 Å². The van der Waals surface area contributed by atoms with Gasteiger partial charge in [-0.15, -0.1) is 0 Å². The highest BCUT2D eigenvalue weighted by Crippen LogP contribution is 2.20. The summed E-state index contributed by atoms with van der Waals surface area (Å²) >= 11 is 5.67. The molecule has 0 aliphatic carbocycles. The quantitative estimate of drug-likeness (QED) is 0.675. The van der Waals surface area contributed by atoms with Gasteiger partial charge in [0.25, 0.3) is 5.56 Å². The van der Waals surface area contributed by atoms with Crippen molar-refractivity contribution in [2.24, 2.45) is 0 Å². The lowest BCUT2D eigenvalue weighted by molar-refractivity contribution is 0.576. The van der Waals surface area contributed by atoms with E-state index in [0.29, 0.717) is 16.7 Å². The molecular weight excluding hydrogens is 180 g/mol. The highest BCUT2D eigenvalue weighted by atomic mass is 35.5. The number of hydrogen-bond acceptors (Lipinski definition) is 3. The number of nitrogens with zero attached hydrogens (tertiary/aromatic N) is 1. The van der Waals surface area contributed by atoms with E-state index in [1.165, 1.54) is 0 Å². The van der Waals surface area contributed by atoms with Gasteiger partial charge in [0.05, 0.1) is 5.39 Å². The normalized spacial score (nSPS) is 10.8. The molecule has 0 spiro atoms. The molecule has 0 radical (unpaired) electrons. The maximum absolute atomic E-state index is 11.1. The van der Waals surface area contributed by atoms with Crippen molar-refractivity contribution >= 4 is 22.6 Å². The SMILES string of the molecule is Cc1cc2c(=O)[nH]nc(Cl)c2o1. The number of fused-ring (bicyclic) bond motifs is 1. The molecule has 0 aliphatic heterocycles. The van der Waals surface area contributed by atoms with Crippen LogP contribution in [0.3, 0.4) is 0 Å². The lowest BCUT2D eigenvalue weighted by Gasteiger charge is -1.87. The van der Waals surface area contributed by atoms with Crippen LogP contribution >= 0.6 is 11.6 Å². The number of halogens is 1. The number of aromatic amines is 1. The van der Waals surface area contributed by atoms with Gasteiger partial charge in [0.1, 0.15) is 5.76 Å². The van der Waals surface area contributed by atoms with E-state index in [-0.39, 0.29) is 10.7 Å². The summed E-state index contributed by atoms with van der Waals surface area (Å²) in [5.41, 5.74) is 0.0594. The van der Waals surface area contributed by atoms with Gasteiger partial charge in [-0.2, -0.15) is 5.10 Å². The molecule has 0 bridgehead atoms. The van der Waals surface area contributed by atoms with E-state index in [9.17, 15) is 4.79 Å². The number of aromatic nitrogens is 2. The predicted octanol–water partition coefficient (Wildman–Crippen LogP) is 1.48. The molecule has 0 saturated carbocycles. The van der Waals surface area contributed by atoms with Crippen LogP contribution < -0.4 is 5.56 Å². The van der Waals surface area contributed by atoms with Gasteiger partial charge in [-0.05, 0) is 13.0 Å². The lowest BCUT2D eigenvalue weighted by atomic mass is 10.3. The molecule has 5 heteroatoms. The minimum atomic E-state index is -0.286. The molecule has 4 nitrogen and oxygen atoms in total. The van der Waals surface area contributed by atoms with E-state index in [1.807, 2.05) is 0 Å². The van der Waals surface area contributed by atoms with E-state index in [4.69, 9.17) is 16.0 Å². The van der Waals surface area contributed by atoms with Crippen LogP contribution in [0, 0.1) is 6.92 Å². The maximum Gasteiger partial charge on any atom is 0.275 e. The minimum Gasteiger partial charge on any atom is -0.458 e. The van der Waals surface area contributed by atoms with Gasteiger partial charge < -0.3 is 4.42 Å². The summed E-state index contributed by atoms with van der Waals surface area (Å²) in [7, 11) is 0. The second kappa shape index (κ2) is 2.35. The Hall–Kier alpha value is -1.29. The summed E-state index contributed by atoms with van der Waals surface area (Å²) in [4.78, 5) is 11.1. The Labute approximate surface area is 72.1 Å². The number of H-pyrrole nitrogens is 1. The molecule has 0 aliphatic rings. The smallest absolute Gasteiger partial charge is 0.275 e. The van der Waals surface area contributed by atoms with Crippen molar-refractivity contribution in [1.29, 1.82) is 0 Å². The second-order valence-electron chi connectivity index (χ2n) is 2.44. The molecule has 0 unspecified atom stereocenters. The van der Waals surface area contributed by atoms with Gasteiger partial charge in [-0.25, -0.2) is 5.10 Å². The Bertz CT molecular complexity index is 486. The number of rotatable bonds is 0. The molecule has 1 N–H and O–H groups in total. The highest BCUT2D eigenvalue weighted by Gasteiger charge is 2.08. The fourth-order valence-corrected chi connectivity index (χ4v) is 1.23. The third-order valence-electron chi connectivity index (χ3n) is 1.54. The van der Waals surface area contributed by atoms with Gasteiger partial charge in [-0.3, -0.25) is 4.79 Å². The maximum atomic E-state index is 11.1. The van der Waals surface area contributed by atoms with Crippen molar-refractivity contribution < 1.29 is 4.42 Å². The van der Waals surface area contributed by atoms with Crippen molar-refractivity contribution in [2.45, 2.75) is 6.92 Å². The molecule has 0 atom stereocenters. The average Bonchev–Trinajstić information content (AvgIpc) is 2.41. The first kappa shape index (κ1) is 7.36. The summed E-state index contributed by atoms with van der Waals surface area (Å²) in [5.74, 6) is 0.644. The molecule has 62 valence electrons. The fraction of sp³-hybridized carbons (Fsp3) is 0.143. The molecule has 2 heterocycles. The molecule has 0 saturated heterocycles. The Morgan fingerprint density at radius 1 is 1.67 bits per heavy atom. The van der Waals surface area contributed by atoms with E-state index in [2.05, 4.69) is 10.2 Å². The number of furan rings is 1. The summed E-state index contributed by atoms with van der Waals surface area (Å²) in [6.07, 6.45) is 0. The molecule has 2 rings (SSSR count). The molecule has 0 amide bonds. The van der Waals surface area contributed by atoms with Crippen LogP contribution in [0.4, 0.5) is 0 Å². The first-order valence-electron chi connectivity index (χ1n) is 3.33. The Balaban J connectivity index is 3.03. The highest BCUT2D eigenvalue weighted by molar-refractivity contribution is 6.33. The minimum absolute atomic E-state index is 0.178. The molecule has 2 aromatic heterocycles. The van der Waals surface area contributed by atoms with Crippen LogP contribution in [-0.4, -0.2) is 10.2 Å². The van der Waals surface area contributed by atoms with Crippen LogP contribution in [-0.2, 0) is 0 Å². The van der Waals surface area contributed by atoms with Crippen molar-refractivity contribution in [1.82, 2.24) is 10.2 Å². The number of hydrogen-bond donors (Lipinski definition) is 1. The van der Waals surface area contributed by atoms with Crippen LogP contribution in [0.25, 0.3) is 11.0 Å². The number of nitrogens with one attached hydrogen (secondary N) is 1. The van der Waals surface area contributed by atoms with Gasteiger partial charge in [0, 0.05) is 0 Å². The van der Waals surface area contributed by atoms with Crippen LogP contribution in [0.2, 0.25) is 5.15 Å². The molecule has 12 heavy (non-hydrogen) atoms. The van der Waals surface area contributed by atoms with E-state index < -0.39 is 0 Å². The van der Waals surface area contributed by atoms with Crippen LogP contribution in [0.1, 0.15) is 5.76 Å². The van der Waals surface area contributed by atoms with Gasteiger partial charge in [-0.1, -0.05) is 11.6 Å². The summed E-state index contributed by atoms with van der Waals surface area (Å²) in [6.45, 7) is 1.75. The van der Waals surface area contributed by atoms with Crippen molar-refractivity contribution in [3.8, 4) is 0 Å². The van der Waals surface area contributed by atoms with E-state index >= 15 is 0 Å². The monoisotopic (exact) mass is 184 g/mol. The average molecular weight is 185 g/mol. The standard InChI is InChI=1S/C7H5ClN2O2/c1-3-2-4-5(12-3)6(8)9-10-7(4)11/h2H,1H3,(H,10,11). The van der Waals surface area contributed by atoms with Crippen LogP contribution in [0.5, 0.6) is 0 Å². The number of aryl methyl sites for hydroxylation is 1. The Morgan fingerprint density at radius 2 is 2.42 bits per heavy atom. The van der Waals surface area contributed by atoms with Crippen molar-refractivity contribution in [3.63, 3.8) is 0 Å². The van der Waals surface area contributed by atoms with Crippen molar-refractivity contribution in [3.05, 3.63) is 27.3 Å². The zero-order valence-corrected chi connectivity index (χ0v) is 6.97. The zero-order chi connectivity index (χ0) is 8.72. The van der Waals surface area contributed by atoms with Gasteiger partial charge in [0.2, 0.25) is 0 Å². The summed E-state index contributed by atoms with van der Waals surface area (Å²) in [6, 6.07) is 1.63. The van der Waals surface area contributed by atoms with Gasteiger partial charge >= 0.3 is 0 Å². The second-order valence-corrected chi connectivity index (χ2v) is 2.80. The first-order valence-corrected chi connectivity index (χ1v) is 3.70. The first-order chi connectivity index (χ1) is 5.68. The summed E-state index contributed by atoms with van der Waals surface area (Å²) < 4.78 is 5.17. The molecule has 0 aromatic carbocycles. The molecular formula is C7H5ClN2O2. The molecule has 0 fully saturated rings. The third kappa shape index (κ3) is 0.921. The Morgan fingerprint density at radius 3 is 3.08 bits per heavy atom. The third-order valence-corrected chi connectivity index (χ3v) is 1.80. The fourth-order valence-electron chi connectivity index (χ4n) is 1.05. The Kier molecular flexibility index (Phi) is 1.44. The lowest BCUT2D eigenvalue weighted by Crippen LogP contribution is -2.06. The largest absolute Gasteiger partial charge is 0.458 e. The van der Waals surface area contributed by atoms with E-state index in [1.54, 1.807) is 13.0 Å². The summed E-state index contributed by atoms with van der Waals surface area (Å²) in [5, 5.41) is 6.43. The van der Waals surface area contributed by atoms with Crippen LogP contribution in [0.15, 0.2) is 15.3 Å². The topological polar surface area (TPSA) is 58.9 Å². The van der Waals surface area contributed by atoms with Gasteiger partial charge in [0.15, 0.2) is 10.7 Å². The predicted molar refractivity (Wildman–Crippen MR) is 44.4 cm³/mol.